The van der Waals surface area contributed by atoms with Crippen LogP contribution in [-0.2, 0) is 11.3 Å². The highest BCUT2D eigenvalue weighted by Gasteiger charge is 2.46. The third-order valence-electron chi connectivity index (χ3n) is 5.78. The Balaban J connectivity index is 1.80. The molecule has 1 unspecified atom stereocenters. The van der Waals surface area contributed by atoms with Crippen LogP contribution in [0.1, 0.15) is 18.9 Å². The third kappa shape index (κ3) is 4.41. The zero-order valence-electron chi connectivity index (χ0n) is 17.5. The fourth-order valence-electron chi connectivity index (χ4n) is 4.40. The number of urea groups is 1. The standard InChI is InChI=1S/C21H32N4O3/c1-5-24-15-21(12-19(24)26)14-23(10-11-25(16-21)20(27)22(2)3)13-17-6-8-18(28-4)9-7-17/h6-9H,5,10-16H2,1-4H3. The zero-order chi connectivity index (χ0) is 20.3. The van der Waals surface area contributed by atoms with Gasteiger partial charge in [0, 0.05) is 71.7 Å². The Hall–Kier alpha value is -2.28. The lowest BCUT2D eigenvalue weighted by molar-refractivity contribution is -0.127. The van der Waals surface area contributed by atoms with E-state index in [0.29, 0.717) is 19.5 Å². The molecule has 2 fully saturated rings. The van der Waals surface area contributed by atoms with Gasteiger partial charge in [0.1, 0.15) is 5.75 Å². The van der Waals surface area contributed by atoms with Gasteiger partial charge in [0.15, 0.2) is 0 Å². The van der Waals surface area contributed by atoms with Crippen molar-refractivity contribution < 1.29 is 14.3 Å². The Labute approximate surface area is 167 Å². The van der Waals surface area contributed by atoms with Crippen LogP contribution in [0.25, 0.3) is 0 Å². The van der Waals surface area contributed by atoms with Crippen molar-refractivity contribution in [2.75, 3.05) is 60.5 Å². The van der Waals surface area contributed by atoms with E-state index in [9.17, 15) is 9.59 Å². The van der Waals surface area contributed by atoms with Crippen molar-refractivity contribution in [2.24, 2.45) is 5.41 Å². The van der Waals surface area contributed by atoms with Gasteiger partial charge in [-0.05, 0) is 24.6 Å². The largest absolute Gasteiger partial charge is 0.497 e. The normalized spacial score (nSPS) is 23.2. The van der Waals surface area contributed by atoms with Gasteiger partial charge >= 0.3 is 6.03 Å². The number of hydrogen-bond donors (Lipinski definition) is 0. The molecule has 0 aromatic heterocycles. The van der Waals surface area contributed by atoms with Gasteiger partial charge in [0.2, 0.25) is 5.91 Å². The van der Waals surface area contributed by atoms with E-state index in [-0.39, 0.29) is 17.4 Å². The molecular formula is C21H32N4O3. The number of methoxy groups -OCH3 is 1. The van der Waals surface area contributed by atoms with Crippen LogP contribution in [0.5, 0.6) is 5.75 Å². The predicted octanol–water partition coefficient (Wildman–Crippen LogP) is 1.73. The Bertz CT molecular complexity index is 706. The first-order chi connectivity index (χ1) is 13.4. The van der Waals surface area contributed by atoms with Crippen molar-refractivity contribution in [3.05, 3.63) is 29.8 Å². The van der Waals surface area contributed by atoms with Gasteiger partial charge in [-0.15, -0.1) is 0 Å². The molecule has 0 radical (unpaired) electrons. The Morgan fingerprint density at radius 3 is 2.43 bits per heavy atom. The molecule has 3 amide bonds. The molecule has 7 nitrogen and oxygen atoms in total. The molecule has 28 heavy (non-hydrogen) atoms. The maximum Gasteiger partial charge on any atom is 0.319 e. The van der Waals surface area contributed by atoms with Crippen LogP contribution >= 0.6 is 0 Å². The van der Waals surface area contributed by atoms with Crippen molar-refractivity contribution in [1.29, 1.82) is 0 Å². The number of carbonyl (C=O) groups is 2. The summed E-state index contributed by atoms with van der Waals surface area (Å²) >= 11 is 0. The van der Waals surface area contributed by atoms with Gasteiger partial charge in [0.05, 0.1) is 7.11 Å². The lowest BCUT2D eigenvalue weighted by atomic mass is 9.86. The Kier molecular flexibility index (Phi) is 6.13. The van der Waals surface area contributed by atoms with E-state index in [0.717, 1.165) is 38.5 Å². The highest BCUT2D eigenvalue weighted by molar-refractivity contribution is 5.80. The quantitative estimate of drug-likeness (QED) is 0.788. The van der Waals surface area contributed by atoms with Crippen molar-refractivity contribution in [3.63, 3.8) is 0 Å². The van der Waals surface area contributed by atoms with Crippen LogP contribution in [0, 0.1) is 5.41 Å². The summed E-state index contributed by atoms with van der Waals surface area (Å²) in [4.78, 5) is 33.1. The number of nitrogens with zero attached hydrogens (tertiary/aromatic N) is 4. The molecule has 2 saturated heterocycles. The van der Waals surface area contributed by atoms with Crippen LogP contribution < -0.4 is 4.74 Å². The second-order valence-corrected chi connectivity index (χ2v) is 8.24. The fraction of sp³-hybridized carbons (Fsp3) is 0.619. The van der Waals surface area contributed by atoms with Crippen molar-refractivity contribution >= 4 is 11.9 Å². The summed E-state index contributed by atoms with van der Waals surface area (Å²) in [6.45, 7) is 7.19. The minimum atomic E-state index is -0.207. The van der Waals surface area contributed by atoms with E-state index >= 15 is 0 Å². The van der Waals surface area contributed by atoms with Gasteiger partial charge in [-0.2, -0.15) is 0 Å². The zero-order valence-corrected chi connectivity index (χ0v) is 17.5. The number of rotatable bonds is 4. The van der Waals surface area contributed by atoms with Crippen molar-refractivity contribution in [2.45, 2.75) is 19.9 Å². The minimum absolute atomic E-state index is 0.0214. The molecule has 0 aliphatic carbocycles. The van der Waals surface area contributed by atoms with Crippen molar-refractivity contribution in [3.8, 4) is 5.75 Å². The molecule has 1 aromatic carbocycles. The Morgan fingerprint density at radius 2 is 1.86 bits per heavy atom. The summed E-state index contributed by atoms with van der Waals surface area (Å²) in [7, 11) is 5.24. The Morgan fingerprint density at radius 1 is 1.14 bits per heavy atom. The molecule has 0 saturated carbocycles. The van der Waals surface area contributed by atoms with Gasteiger partial charge in [-0.25, -0.2) is 4.79 Å². The summed E-state index contributed by atoms with van der Waals surface area (Å²) in [6.07, 6.45) is 0.511. The topological polar surface area (TPSA) is 56.3 Å². The van der Waals surface area contributed by atoms with Crippen LogP contribution in [0.3, 0.4) is 0 Å². The molecule has 154 valence electrons. The molecule has 0 bridgehead atoms. The predicted molar refractivity (Wildman–Crippen MR) is 108 cm³/mol. The summed E-state index contributed by atoms with van der Waals surface area (Å²) in [5.74, 6) is 1.05. The lowest BCUT2D eigenvalue weighted by Gasteiger charge is -2.34. The smallest absolute Gasteiger partial charge is 0.319 e. The molecular weight excluding hydrogens is 356 g/mol. The number of hydrogen-bond acceptors (Lipinski definition) is 4. The molecule has 2 aliphatic heterocycles. The average Bonchev–Trinajstić information content (AvgIpc) is 2.88. The van der Waals surface area contributed by atoms with E-state index in [2.05, 4.69) is 17.0 Å². The van der Waals surface area contributed by atoms with Gasteiger partial charge < -0.3 is 19.4 Å². The monoisotopic (exact) mass is 388 g/mol. The van der Waals surface area contributed by atoms with Crippen molar-refractivity contribution in [1.82, 2.24) is 19.6 Å². The number of ether oxygens (including phenoxy) is 1. The summed E-state index contributed by atoms with van der Waals surface area (Å²) in [5.41, 5.74) is 1.00. The average molecular weight is 389 g/mol. The molecule has 1 aromatic rings. The van der Waals surface area contributed by atoms with Crippen LogP contribution in [0.2, 0.25) is 0 Å². The molecule has 2 heterocycles. The van der Waals surface area contributed by atoms with Gasteiger partial charge in [0.25, 0.3) is 0 Å². The second-order valence-electron chi connectivity index (χ2n) is 8.24. The van der Waals surface area contributed by atoms with Gasteiger partial charge in [-0.3, -0.25) is 9.69 Å². The fourth-order valence-corrected chi connectivity index (χ4v) is 4.40. The second kappa shape index (κ2) is 8.39. The summed E-state index contributed by atoms with van der Waals surface area (Å²) < 4.78 is 5.25. The van der Waals surface area contributed by atoms with Crippen LogP contribution in [0.4, 0.5) is 4.79 Å². The molecule has 3 rings (SSSR count). The van der Waals surface area contributed by atoms with E-state index in [1.807, 2.05) is 28.9 Å². The van der Waals surface area contributed by atoms with E-state index in [1.54, 1.807) is 26.1 Å². The molecule has 2 aliphatic rings. The van der Waals surface area contributed by atoms with E-state index in [1.165, 1.54) is 5.56 Å². The third-order valence-corrected chi connectivity index (χ3v) is 5.78. The highest BCUT2D eigenvalue weighted by Crippen LogP contribution is 2.35. The molecule has 1 atom stereocenters. The maximum atomic E-state index is 12.7. The minimum Gasteiger partial charge on any atom is -0.497 e. The number of likely N-dealkylation sites (tertiary alicyclic amines) is 1. The first-order valence-corrected chi connectivity index (χ1v) is 9.95. The SMILES string of the molecule is CCN1CC2(CC1=O)CN(Cc1ccc(OC)cc1)CCN(C(=O)N(C)C)C2. The lowest BCUT2D eigenvalue weighted by Crippen LogP contribution is -2.47. The molecule has 0 N–H and O–H groups in total. The number of benzene rings is 1. The first kappa shape index (κ1) is 20.5. The molecule has 1 spiro atoms. The van der Waals surface area contributed by atoms with E-state index in [4.69, 9.17) is 4.74 Å². The number of carbonyl (C=O) groups excluding carboxylic acids is 2. The van der Waals surface area contributed by atoms with Crippen LogP contribution in [0.15, 0.2) is 24.3 Å². The van der Waals surface area contributed by atoms with Gasteiger partial charge in [-0.1, -0.05) is 12.1 Å². The summed E-state index contributed by atoms with van der Waals surface area (Å²) in [5, 5.41) is 0. The summed E-state index contributed by atoms with van der Waals surface area (Å²) in [6, 6.07) is 8.13. The van der Waals surface area contributed by atoms with E-state index < -0.39 is 0 Å². The molecule has 7 heteroatoms. The highest BCUT2D eigenvalue weighted by atomic mass is 16.5. The first-order valence-electron chi connectivity index (χ1n) is 9.95. The maximum absolute atomic E-state index is 12.7. The number of amides is 3. The van der Waals surface area contributed by atoms with Crippen LogP contribution in [-0.4, -0.2) is 92.0 Å².